The topological polar surface area (TPSA) is 105 Å². The molecule has 1 aromatic carbocycles. The van der Waals surface area contributed by atoms with Crippen molar-refractivity contribution in [3.63, 3.8) is 0 Å². The molecule has 1 fully saturated rings. The van der Waals surface area contributed by atoms with Gasteiger partial charge >= 0.3 is 6.09 Å². The minimum atomic E-state index is -3.12. The number of piperidine rings is 1. The molecule has 0 radical (unpaired) electrons. The van der Waals surface area contributed by atoms with Gasteiger partial charge in [0.2, 0.25) is 10.0 Å². The minimum absolute atomic E-state index is 0.292. The van der Waals surface area contributed by atoms with E-state index in [9.17, 15) is 18.3 Å². The fourth-order valence-corrected chi connectivity index (χ4v) is 4.10. The second kappa shape index (κ2) is 10.5. The molecule has 1 saturated heterocycles. The van der Waals surface area contributed by atoms with Gasteiger partial charge in [-0.05, 0) is 63.6 Å². The van der Waals surface area contributed by atoms with Gasteiger partial charge in [0.25, 0.3) is 0 Å². The number of hydrogen-bond acceptors (Lipinski definition) is 6. The van der Waals surface area contributed by atoms with Crippen molar-refractivity contribution in [2.24, 2.45) is 5.92 Å². The van der Waals surface area contributed by atoms with Crippen molar-refractivity contribution in [1.82, 2.24) is 9.62 Å². The number of alkyl carbamates (subject to hydrolysis) is 1. The number of carbonyl (C=O) groups excluding carboxylic acids is 1. The van der Waals surface area contributed by atoms with Gasteiger partial charge in [-0.15, -0.1) is 0 Å². The Labute approximate surface area is 179 Å². The first-order valence-corrected chi connectivity index (χ1v) is 12.1. The Bertz CT molecular complexity index is 798. The SMILES string of the molecule is CC(C)(C)OC(=O)NCC[C@@H](O)c1cccc(OCC2CCN(S(C)(=O)=O)CC2)c1. The predicted octanol–water partition coefficient (Wildman–Crippen LogP) is 2.69. The van der Waals surface area contributed by atoms with E-state index in [1.807, 2.05) is 18.2 Å². The normalized spacial score (nSPS) is 17.4. The predicted molar refractivity (Wildman–Crippen MR) is 115 cm³/mol. The fraction of sp³-hybridized carbons (Fsp3) is 0.667. The van der Waals surface area contributed by atoms with Crippen LogP contribution in [-0.2, 0) is 14.8 Å². The van der Waals surface area contributed by atoms with Crippen LogP contribution in [0.25, 0.3) is 0 Å². The Morgan fingerprint density at radius 1 is 1.30 bits per heavy atom. The number of carbonyl (C=O) groups is 1. The summed E-state index contributed by atoms with van der Waals surface area (Å²) in [5, 5.41) is 13.0. The lowest BCUT2D eigenvalue weighted by Gasteiger charge is -2.30. The van der Waals surface area contributed by atoms with E-state index in [2.05, 4.69) is 5.32 Å². The maximum atomic E-state index is 11.7. The van der Waals surface area contributed by atoms with Gasteiger partial charge in [-0.3, -0.25) is 0 Å². The summed E-state index contributed by atoms with van der Waals surface area (Å²) < 4.78 is 35.7. The van der Waals surface area contributed by atoms with Crippen LogP contribution in [0, 0.1) is 5.92 Å². The number of amides is 1. The van der Waals surface area contributed by atoms with Gasteiger partial charge in [0, 0.05) is 19.6 Å². The molecule has 2 N–H and O–H groups in total. The van der Waals surface area contributed by atoms with E-state index in [0.29, 0.717) is 49.9 Å². The second-order valence-corrected chi connectivity index (χ2v) is 10.7. The smallest absolute Gasteiger partial charge is 0.407 e. The molecule has 30 heavy (non-hydrogen) atoms. The van der Waals surface area contributed by atoms with E-state index in [4.69, 9.17) is 9.47 Å². The van der Waals surface area contributed by atoms with Gasteiger partial charge in [0.1, 0.15) is 11.4 Å². The minimum Gasteiger partial charge on any atom is -0.493 e. The number of hydrogen-bond donors (Lipinski definition) is 2. The monoisotopic (exact) mass is 442 g/mol. The summed E-state index contributed by atoms with van der Waals surface area (Å²) in [4.78, 5) is 11.7. The van der Waals surface area contributed by atoms with E-state index in [1.165, 1.54) is 10.6 Å². The van der Waals surface area contributed by atoms with Crippen LogP contribution in [0.3, 0.4) is 0 Å². The number of nitrogens with zero attached hydrogens (tertiary/aromatic N) is 1. The molecule has 1 aliphatic rings. The Morgan fingerprint density at radius 3 is 2.57 bits per heavy atom. The maximum absolute atomic E-state index is 11.7. The van der Waals surface area contributed by atoms with Crippen molar-refractivity contribution in [2.75, 3.05) is 32.5 Å². The first-order valence-electron chi connectivity index (χ1n) is 10.3. The maximum Gasteiger partial charge on any atom is 0.407 e. The average molecular weight is 443 g/mol. The quantitative estimate of drug-likeness (QED) is 0.641. The highest BCUT2D eigenvalue weighted by molar-refractivity contribution is 7.88. The molecule has 1 aliphatic heterocycles. The van der Waals surface area contributed by atoms with Gasteiger partial charge in [-0.25, -0.2) is 17.5 Å². The number of rotatable bonds is 8. The molecule has 1 amide bonds. The van der Waals surface area contributed by atoms with Crippen LogP contribution in [0.15, 0.2) is 24.3 Å². The summed E-state index contributed by atoms with van der Waals surface area (Å²) in [6.45, 7) is 7.23. The molecule has 0 aromatic heterocycles. The third-order valence-corrected chi connectivity index (χ3v) is 6.16. The standard InChI is InChI=1S/C21H34N2O6S/c1-21(2,3)29-20(25)22-11-8-19(24)17-6-5-7-18(14-17)28-15-16-9-12-23(13-10-16)30(4,26)27/h5-7,14,16,19,24H,8-13,15H2,1-4H3,(H,22,25)/t19-/m1/s1. The van der Waals surface area contributed by atoms with Crippen molar-refractivity contribution in [3.05, 3.63) is 29.8 Å². The van der Waals surface area contributed by atoms with E-state index >= 15 is 0 Å². The van der Waals surface area contributed by atoms with Crippen molar-refractivity contribution < 1.29 is 27.8 Å². The van der Waals surface area contributed by atoms with Crippen molar-refractivity contribution in [2.45, 2.75) is 51.7 Å². The molecule has 0 bridgehead atoms. The van der Waals surface area contributed by atoms with E-state index < -0.39 is 27.8 Å². The Kier molecular flexibility index (Phi) is 8.52. The number of sulfonamides is 1. The summed E-state index contributed by atoms with van der Waals surface area (Å²) >= 11 is 0. The molecule has 1 aromatic rings. The van der Waals surface area contributed by atoms with E-state index in [0.717, 1.165) is 12.8 Å². The number of aliphatic hydroxyl groups excluding tert-OH is 1. The molecule has 9 heteroatoms. The zero-order chi connectivity index (χ0) is 22.4. The van der Waals surface area contributed by atoms with Gasteiger partial charge < -0.3 is 19.9 Å². The first-order chi connectivity index (χ1) is 13.9. The van der Waals surface area contributed by atoms with Crippen LogP contribution in [0.2, 0.25) is 0 Å². The zero-order valence-corrected chi connectivity index (χ0v) is 19.1. The van der Waals surface area contributed by atoms with Crippen molar-refractivity contribution >= 4 is 16.1 Å². The van der Waals surface area contributed by atoms with Gasteiger partial charge in [0.15, 0.2) is 0 Å². The van der Waals surface area contributed by atoms with Crippen LogP contribution in [-0.4, -0.2) is 62.0 Å². The second-order valence-electron chi connectivity index (χ2n) is 8.72. The largest absolute Gasteiger partial charge is 0.493 e. The Balaban J connectivity index is 1.77. The number of benzene rings is 1. The highest BCUT2D eigenvalue weighted by atomic mass is 32.2. The molecule has 1 heterocycles. The van der Waals surface area contributed by atoms with Gasteiger partial charge in [0.05, 0.1) is 19.0 Å². The van der Waals surface area contributed by atoms with Crippen LogP contribution in [0.1, 0.15) is 51.7 Å². The molecule has 0 saturated carbocycles. The first kappa shape index (κ1) is 24.4. The fourth-order valence-electron chi connectivity index (χ4n) is 3.23. The van der Waals surface area contributed by atoms with Crippen LogP contribution >= 0.6 is 0 Å². The van der Waals surface area contributed by atoms with Crippen molar-refractivity contribution in [1.29, 1.82) is 0 Å². The number of nitrogens with one attached hydrogen (secondary N) is 1. The van der Waals surface area contributed by atoms with E-state index in [-0.39, 0.29) is 0 Å². The summed E-state index contributed by atoms with van der Waals surface area (Å²) in [7, 11) is -3.12. The Morgan fingerprint density at radius 2 is 1.97 bits per heavy atom. The number of ether oxygens (including phenoxy) is 2. The molecule has 0 unspecified atom stereocenters. The highest BCUT2D eigenvalue weighted by Gasteiger charge is 2.25. The van der Waals surface area contributed by atoms with Crippen LogP contribution in [0.5, 0.6) is 5.75 Å². The average Bonchev–Trinajstić information content (AvgIpc) is 2.64. The molecule has 1 atom stereocenters. The molecule has 2 rings (SSSR count). The lowest BCUT2D eigenvalue weighted by Crippen LogP contribution is -2.39. The van der Waals surface area contributed by atoms with Gasteiger partial charge in [-0.1, -0.05) is 12.1 Å². The Hall–Kier alpha value is -1.84. The van der Waals surface area contributed by atoms with Crippen LogP contribution in [0.4, 0.5) is 4.79 Å². The lowest BCUT2D eigenvalue weighted by molar-refractivity contribution is 0.0518. The molecular weight excluding hydrogens is 408 g/mol. The van der Waals surface area contributed by atoms with Crippen molar-refractivity contribution in [3.8, 4) is 5.75 Å². The summed E-state index contributed by atoms with van der Waals surface area (Å²) in [6.07, 6.45) is 1.89. The van der Waals surface area contributed by atoms with Crippen LogP contribution < -0.4 is 10.1 Å². The molecule has 0 spiro atoms. The summed E-state index contributed by atoms with van der Waals surface area (Å²) in [5.41, 5.74) is 0.154. The summed E-state index contributed by atoms with van der Waals surface area (Å²) in [5.74, 6) is 0.965. The molecule has 170 valence electrons. The molecular formula is C21H34N2O6S. The van der Waals surface area contributed by atoms with Gasteiger partial charge in [-0.2, -0.15) is 0 Å². The zero-order valence-electron chi connectivity index (χ0n) is 18.3. The number of aliphatic hydroxyl groups is 1. The molecule has 8 nitrogen and oxygen atoms in total. The lowest BCUT2D eigenvalue weighted by atomic mass is 9.99. The third-order valence-electron chi connectivity index (χ3n) is 4.86. The molecule has 0 aliphatic carbocycles. The summed E-state index contributed by atoms with van der Waals surface area (Å²) in [6, 6.07) is 7.27. The third kappa shape index (κ3) is 8.49. The van der Waals surface area contributed by atoms with E-state index in [1.54, 1.807) is 26.8 Å². The highest BCUT2D eigenvalue weighted by Crippen LogP contribution is 2.24.